The van der Waals surface area contributed by atoms with Crippen molar-refractivity contribution in [1.82, 2.24) is 15.5 Å². The van der Waals surface area contributed by atoms with E-state index >= 15 is 0 Å². The van der Waals surface area contributed by atoms with Crippen LogP contribution >= 0.6 is 0 Å². The summed E-state index contributed by atoms with van der Waals surface area (Å²) in [6.07, 6.45) is 4.59. The number of rotatable bonds is 5. The summed E-state index contributed by atoms with van der Waals surface area (Å²) < 4.78 is 0. The predicted octanol–water partition coefficient (Wildman–Crippen LogP) is 2.44. The molecule has 0 radical (unpaired) electrons. The zero-order chi connectivity index (χ0) is 17.6. The third-order valence-electron chi connectivity index (χ3n) is 6.06. The number of carbonyl (C=O) groups excluding carboxylic acids is 1. The molecule has 1 aromatic rings. The van der Waals surface area contributed by atoms with Crippen LogP contribution in [0.25, 0.3) is 0 Å². The van der Waals surface area contributed by atoms with Crippen LogP contribution in [0.1, 0.15) is 38.7 Å². The number of amides is 1. The topological polar surface area (TPSA) is 44.4 Å². The maximum atomic E-state index is 12.7. The Morgan fingerprint density at radius 1 is 1.24 bits per heavy atom. The van der Waals surface area contributed by atoms with Gasteiger partial charge in [-0.05, 0) is 76.2 Å². The SMILES string of the molecule is CC1CNCCC1NC(=O)C(C)N1CCC(Cc2ccccc2)CC1. The Bertz CT molecular complexity index is 539. The average Bonchev–Trinajstić information content (AvgIpc) is 2.64. The van der Waals surface area contributed by atoms with Gasteiger partial charge in [0.1, 0.15) is 0 Å². The average molecular weight is 344 g/mol. The van der Waals surface area contributed by atoms with Crippen LogP contribution in [0.3, 0.4) is 0 Å². The van der Waals surface area contributed by atoms with Crippen LogP contribution in [-0.4, -0.2) is 49.1 Å². The molecule has 4 heteroatoms. The van der Waals surface area contributed by atoms with E-state index in [0.717, 1.165) is 38.5 Å². The van der Waals surface area contributed by atoms with E-state index in [1.54, 1.807) is 0 Å². The van der Waals surface area contributed by atoms with E-state index in [-0.39, 0.29) is 11.9 Å². The first kappa shape index (κ1) is 18.4. The van der Waals surface area contributed by atoms with E-state index in [1.807, 2.05) is 0 Å². The van der Waals surface area contributed by atoms with Crippen molar-refractivity contribution in [2.75, 3.05) is 26.2 Å². The van der Waals surface area contributed by atoms with Crippen LogP contribution in [0.4, 0.5) is 0 Å². The Morgan fingerprint density at radius 2 is 1.96 bits per heavy atom. The third-order valence-corrected chi connectivity index (χ3v) is 6.06. The molecule has 3 rings (SSSR count). The molecule has 2 heterocycles. The quantitative estimate of drug-likeness (QED) is 0.863. The van der Waals surface area contributed by atoms with Gasteiger partial charge in [0.15, 0.2) is 0 Å². The molecule has 0 saturated carbocycles. The van der Waals surface area contributed by atoms with E-state index in [2.05, 4.69) is 59.7 Å². The molecule has 25 heavy (non-hydrogen) atoms. The fourth-order valence-electron chi connectivity index (χ4n) is 4.19. The highest BCUT2D eigenvalue weighted by Crippen LogP contribution is 2.23. The highest BCUT2D eigenvalue weighted by Gasteiger charge is 2.29. The molecule has 2 aliphatic heterocycles. The van der Waals surface area contributed by atoms with Crippen LogP contribution in [0.2, 0.25) is 0 Å². The van der Waals surface area contributed by atoms with Crippen LogP contribution in [-0.2, 0) is 11.2 Å². The Balaban J connectivity index is 1.44. The van der Waals surface area contributed by atoms with Crippen molar-refractivity contribution in [2.24, 2.45) is 11.8 Å². The van der Waals surface area contributed by atoms with Gasteiger partial charge in [0, 0.05) is 6.04 Å². The first-order valence-electron chi connectivity index (χ1n) is 9.92. The van der Waals surface area contributed by atoms with Crippen LogP contribution < -0.4 is 10.6 Å². The molecule has 2 saturated heterocycles. The lowest BCUT2D eigenvalue weighted by molar-refractivity contribution is -0.127. The maximum Gasteiger partial charge on any atom is 0.237 e. The molecule has 2 aliphatic rings. The van der Waals surface area contributed by atoms with Crippen LogP contribution in [0.15, 0.2) is 30.3 Å². The molecule has 3 unspecified atom stereocenters. The smallest absolute Gasteiger partial charge is 0.237 e. The summed E-state index contributed by atoms with van der Waals surface area (Å²) in [7, 11) is 0. The Morgan fingerprint density at radius 3 is 2.64 bits per heavy atom. The fraction of sp³-hybridized carbons (Fsp3) is 0.667. The number of benzene rings is 1. The van der Waals surface area contributed by atoms with Gasteiger partial charge in [0.2, 0.25) is 5.91 Å². The van der Waals surface area contributed by atoms with E-state index in [0.29, 0.717) is 12.0 Å². The zero-order valence-corrected chi connectivity index (χ0v) is 15.7. The standard InChI is InChI=1S/C21H33N3O/c1-16-15-22-11-8-20(16)23-21(25)17(2)24-12-9-19(10-13-24)14-18-6-4-3-5-7-18/h3-7,16-17,19-20,22H,8-15H2,1-2H3,(H,23,25). The van der Waals surface area contributed by atoms with Gasteiger partial charge in [0.25, 0.3) is 0 Å². The Kier molecular flexibility index (Phi) is 6.49. The number of hydrogen-bond donors (Lipinski definition) is 2. The van der Waals surface area contributed by atoms with Crippen LogP contribution in [0, 0.1) is 11.8 Å². The first-order chi connectivity index (χ1) is 12.1. The van der Waals surface area contributed by atoms with Gasteiger partial charge < -0.3 is 10.6 Å². The van der Waals surface area contributed by atoms with Crippen LogP contribution in [0.5, 0.6) is 0 Å². The van der Waals surface area contributed by atoms with Crippen molar-refractivity contribution in [3.05, 3.63) is 35.9 Å². The summed E-state index contributed by atoms with van der Waals surface area (Å²) in [6, 6.07) is 11.1. The van der Waals surface area contributed by atoms with Gasteiger partial charge >= 0.3 is 0 Å². The summed E-state index contributed by atoms with van der Waals surface area (Å²) in [5, 5.41) is 6.69. The van der Waals surface area contributed by atoms with Crippen molar-refractivity contribution < 1.29 is 4.79 Å². The molecule has 0 aromatic heterocycles. The lowest BCUT2D eigenvalue weighted by Gasteiger charge is -2.37. The molecule has 1 aromatic carbocycles. The van der Waals surface area contributed by atoms with Crippen molar-refractivity contribution in [3.8, 4) is 0 Å². The Hall–Kier alpha value is -1.39. The number of likely N-dealkylation sites (tertiary alicyclic amines) is 1. The number of hydrogen-bond acceptors (Lipinski definition) is 3. The van der Waals surface area contributed by atoms with Crippen molar-refractivity contribution in [1.29, 1.82) is 0 Å². The summed E-state index contributed by atoms with van der Waals surface area (Å²) in [5.74, 6) is 1.47. The van der Waals surface area contributed by atoms with Gasteiger partial charge in [-0.1, -0.05) is 37.3 Å². The number of piperidine rings is 2. The second kappa shape index (κ2) is 8.81. The molecule has 0 bridgehead atoms. The van der Waals surface area contributed by atoms with Crippen molar-refractivity contribution in [3.63, 3.8) is 0 Å². The van der Waals surface area contributed by atoms with E-state index in [9.17, 15) is 4.79 Å². The van der Waals surface area contributed by atoms with E-state index in [4.69, 9.17) is 0 Å². The molecule has 0 aliphatic carbocycles. The highest BCUT2D eigenvalue weighted by molar-refractivity contribution is 5.81. The van der Waals surface area contributed by atoms with E-state index in [1.165, 1.54) is 24.8 Å². The zero-order valence-electron chi connectivity index (χ0n) is 15.7. The lowest BCUT2D eigenvalue weighted by Crippen LogP contribution is -2.54. The monoisotopic (exact) mass is 343 g/mol. The summed E-state index contributed by atoms with van der Waals surface area (Å²) in [6.45, 7) is 8.37. The summed E-state index contributed by atoms with van der Waals surface area (Å²) in [4.78, 5) is 15.0. The van der Waals surface area contributed by atoms with Gasteiger partial charge in [-0.2, -0.15) is 0 Å². The van der Waals surface area contributed by atoms with Crippen molar-refractivity contribution >= 4 is 5.91 Å². The van der Waals surface area contributed by atoms with E-state index < -0.39 is 0 Å². The minimum Gasteiger partial charge on any atom is -0.352 e. The Labute approximate surface area is 152 Å². The fourth-order valence-corrected chi connectivity index (χ4v) is 4.19. The normalized spacial score (nSPS) is 27.0. The predicted molar refractivity (Wildman–Crippen MR) is 102 cm³/mol. The molecule has 3 atom stereocenters. The first-order valence-corrected chi connectivity index (χ1v) is 9.92. The molecule has 0 spiro atoms. The van der Waals surface area contributed by atoms with Gasteiger partial charge in [-0.3, -0.25) is 9.69 Å². The van der Waals surface area contributed by atoms with Crippen molar-refractivity contribution in [2.45, 2.75) is 51.6 Å². The molecular formula is C21H33N3O. The maximum absolute atomic E-state index is 12.7. The second-order valence-corrected chi connectivity index (χ2v) is 7.93. The highest BCUT2D eigenvalue weighted by atomic mass is 16.2. The summed E-state index contributed by atoms with van der Waals surface area (Å²) in [5.41, 5.74) is 1.44. The lowest BCUT2D eigenvalue weighted by atomic mass is 9.89. The number of nitrogens with one attached hydrogen (secondary N) is 2. The third kappa shape index (κ3) is 5.05. The largest absolute Gasteiger partial charge is 0.352 e. The summed E-state index contributed by atoms with van der Waals surface area (Å²) >= 11 is 0. The molecule has 1 amide bonds. The second-order valence-electron chi connectivity index (χ2n) is 7.93. The van der Waals surface area contributed by atoms with Gasteiger partial charge in [-0.25, -0.2) is 0 Å². The molecule has 4 nitrogen and oxygen atoms in total. The minimum atomic E-state index is -0.0141. The minimum absolute atomic E-state index is 0.0141. The van der Waals surface area contributed by atoms with Gasteiger partial charge in [0.05, 0.1) is 6.04 Å². The molecule has 2 N–H and O–H groups in total. The van der Waals surface area contributed by atoms with Gasteiger partial charge in [-0.15, -0.1) is 0 Å². The number of nitrogens with zero attached hydrogens (tertiary/aromatic N) is 1. The molecule has 138 valence electrons. The number of carbonyl (C=O) groups is 1. The molecule has 2 fully saturated rings. The molecular weight excluding hydrogens is 310 g/mol.